The molecular formula is C26H43NO3. The van der Waals surface area contributed by atoms with Crippen molar-refractivity contribution >= 4 is 11.8 Å². The van der Waals surface area contributed by atoms with Crippen LogP contribution in [0.3, 0.4) is 0 Å². The topological polar surface area (TPSA) is 69.4 Å². The summed E-state index contributed by atoms with van der Waals surface area (Å²) < 4.78 is 5.87. The molecule has 4 heteroatoms. The van der Waals surface area contributed by atoms with Crippen molar-refractivity contribution in [2.24, 2.45) is 52.1 Å². The predicted octanol–water partition coefficient (Wildman–Crippen LogP) is 5.13. The molecule has 4 saturated carbocycles. The maximum absolute atomic E-state index is 12.4. The molecule has 0 aliphatic heterocycles. The van der Waals surface area contributed by atoms with Gasteiger partial charge in [-0.15, -0.1) is 0 Å². The first-order valence-corrected chi connectivity index (χ1v) is 12.5. The Bertz CT molecular complexity index is 690. The zero-order chi connectivity index (χ0) is 21.8. The van der Waals surface area contributed by atoms with E-state index >= 15 is 0 Å². The Morgan fingerprint density at radius 1 is 0.933 bits per heavy atom. The van der Waals surface area contributed by atoms with Crippen LogP contribution in [0.15, 0.2) is 0 Å². The van der Waals surface area contributed by atoms with Gasteiger partial charge in [0.05, 0.1) is 0 Å². The average molecular weight is 418 g/mol. The Kier molecular flexibility index (Phi) is 5.87. The quantitative estimate of drug-likeness (QED) is 0.644. The molecule has 0 heterocycles. The number of ether oxygens (including phenoxy) is 1. The van der Waals surface area contributed by atoms with Gasteiger partial charge in [0, 0.05) is 5.92 Å². The van der Waals surface area contributed by atoms with E-state index in [1.165, 1.54) is 32.1 Å². The highest BCUT2D eigenvalue weighted by atomic mass is 16.5. The van der Waals surface area contributed by atoms with E-state index in [1.807, 2.05) is 20.8 Å². The number of carbonyl (C=O) groups is 2. The number of nitrogens with two attached hydrogens (primary N) is 1. The Hall–Kier alpha value is -0.900. The summed E-state index contributed by atoms with van der Waals surface area (Å²) in [5.41, 5.74) is 6.61. The van der Waals surface area contributed by atoms with Crippen LogP contribution in [0.4, 0.5) is 0 Å². The second kappa shape index (κ2) is 7.90. The maximum Gasteiger partial charge on any atom is 0.323 e. The number of ketones is 1. The fourth-order valence-corrected chi connectivity index (χ4v) is 8.51. The van der Waals surface area contributed by atoms with E-state index in [9.17, 15) is 9.59 Å². The largest absolute Gasteiger partial charge is 0.461 e. The molecule has 4 aliphatic carbocycles. The van der Waals surface area contributed by atoms with Crippen molar-refractivity contribution in [3.05, 3.63) is 0 Å². The molecule has 30 heavy (non-hydrogen) atoms. The van der Waals surface area contributed by atoms with Crippen LogP contribution in [0.2, 0.25) is 0 Å². The monoisotopic (exact) mass is 417 g/mol. The van der Waals surface area contributed by atoms with E-state index in [4.69, 9.17) is 10.5 Å². The molecule has 9 atom stereocenters. The van der Waals surface area contributed by atoms with E-state index in [-0.39, 0.29) is 29.3 Å². The molecule has 0 bridgehead atoms. The van der Waals surface area contributed by atoms with Gasteiger partial charge in [0.15, 0.2) is 0 Å². The number of hydrogen-bond acceptors (Lipinski definition) is 4. The van der Waals surface area contributed by atoms with E-state index in [2.05, 4.69) is 13.8 Å². The van der Waals surface area contributed by atoms with Gasteiger partial charge in [-0.05, 0) is 105 Å². The summed E-state index contributed by atoms with van der Waals surface area (Å²) in [4.78, 5) is 24.7. The van der Waals surface area contributed by atoms with Crippen LogP contribution in [0.25, 0.3) is 0 Å². The van der Waals surface area contributed by atoms with Crippen molar-refractivity contribution in [2.75, 3.05) is 0 Å². The molecule has 0 unspecified atom stereocenters. The molecular weight excluding hydrogens is 374 g/mol. The minimum Gasteiger partial charge on any atom is -0.461 e. The molecule has 0 aromatic heterocycles. The number of rotatable bonds is 4. The lowest BCUT2D eigenvalue weighted by atomic mass is 9.44. The highest BCUT2D eigenvalue weighted by Gasteiger charge is 2.60. The number of hydrogen-bond donors (Lipinski definition) is 1. The molecule has 2 N–H and O–H groups in total. The average Bonchev–Trinajstić information content (AvgIpc) is 3.05. The van der Waals surface area contributed by atoms with Gasteiger partial charge in [-0.2, -0.15) is 0 Å². The Morgan fingerprint density at radius 2 is 1.60 bits per heavy atom. The summed E-state index contributed by atoms with van der Waals surface area (Å²) in [6.45, 7) is 10.7. The Labute approximate surface area is 183 Å². The van der Waals surface area contributed by atoms with Gasteiger partial charge in [-0.3, -0.25) is 9.59 Å². The van der Waals surface area contributed by atoms with E-state index in [0.717, 1.165) is 43.4 Å². The second-order valence-electron chi connectivity index (χ2n) is 12.0. The van der Waals surface area contributed by atoms with E-state index < -0.39 is 6.04 Å². The third-order valence-electron chi connectivity index (χ3n) is 10.4. The number of Topliss-reactive ketones (excluding diaryl/α,β-unsaturated/α-hetero) is 1. The number of esters is 1. The van der Waals surface area contributed by atoms with Crippen molar-refractivity contribution in [3.63, 3.8) is 0 Å². The van der Waals surface area contributed by atoms with Gasteiger partial charge in [-0.1, -0.05) is 27.7 Å². The van der Waals surface area contributed by atoms with Crippen molar-refractivity contribution in [3.8, 4) is 0 Å². The van der Waals surface area contributed by atoms with Crippen LogP contribution >= 0.6 is 0 Å². The minimum absolute atomic E-state index is 0.0411. The molecule has 0 radical (unpaired) electrons. The molecule has 0 saturated heterocycles. The Morgan fingerprint density at radius 3 is 2.27 bits per heavy atom. The van der Waals surface area contributed by atoms with Crippen LogP contribution in [0.5, 0.6) is 0 Å². The fourth-order valence-electron chi connectivity index (χ4n) is 8.51. The van der Waals surface area contributed by atoms with Gasteiger partial charge in [0.1, 0.15) is 17.9 Å². The van der Waals surface area contributed by atoms with Crippen molar-refractivity contribution in [1.29, 1.82) is 0 Å². The van der Waals surface area contributed by atoms with Gasteiger partial charge in [0.2, 0.25) is 0 Å². The lowest BCUT2D eigenvalue weighted by molar-refractivity contribution is -0.165. The summed E-state index contributed by atoms with van der Waals surface area (Å²) in [6.07, 6.45) is 10.6. The zero-order valence-electron chi connectivity index (χ0n) is 19.8. The first-order chi connectivity index (χ1) is 14.1. The predicted molar refractivity (Wildman–Crippen MR) is 119 cm³/mol. The van der Waals surface area contributed by atoms with Crippen LogP contribution in [-0.2, 0) is 14.3 Å². The maximum atomic E-state index is 12.4. The molecule has 4 fully saturated rings. The van der Waals surface area contributed by atoms with Crippen molar-refractivity contribution < 1.29 is 14.3 Å². The third kappa shape index (κ3) is 3.45. The molecule has 4 rings (SSSR count). The molecule has 0 aromatic rings. The fraction of sp³-hybridized carbons (Fsp3) is 0.923. The van der Waals surface area contributed by atoms with Gasteiger partial charge in [-0.25, -0.2) is 0 Å². The standard InChI is InChI=1S/C26H43NO3/c1-15(2)23(27)24(29)30-18-10-12-25(4)17(14-18)6-7-19-21-9-8-20(16(3)28)26(21,5)13-11-22(19)25/h15,17-23H,6-14,27H2,1-5H3/t17-,18-,19-,20+,21-,22-,23-,25-,26+/m0/s1. The highest BCUT2D eigenvalue weighted by molar-refractivity contribution is 5.79. The van der Waals surface area contributed by atoms with Crippen LogP contribution < -0.4 is 5.73 Å². The van der Waals surface area contributed by atoms with Crippen LogP contribution in [-0.4, -0.2) is 23.9 Å². The molecule has 0 spiro atoms. The van der Waals surface area contributed by atoms with Crippen molar-refractivity contribution in [1.82, 2.24) is 0 Å². The number of carbonyl (C=O) groups excluding carboxylic acids is 2. The summed E-state index contributed by atoms with van der Waals surface area (Å²) >= 11 is 0. The number of fused-ring (bicyclic) bond motifs is 5. The summed E-state index contributed by atoms with van der Waals surface area (Å²) in [6, 6.07) is -0.512. The Balaban J connectivity index is 1.45. The first kappa shape index (κ1) is 22.3. The molecule has 0 amide bonds. The molecule has 4 nitrogen and oxygen atoms in total. The third-order valence-corrected chi connectivity index (χ3v) is 10.4. The van der Waals surface area contributed by atoms with Crippen LogP contribution in [0.1, 0.15) is 92.4 Å². The zero-order valence-corrected chi connectivity index (χ0v) is 19.8. The summed E-state index contributed by atoms with van der Waals surface area (Å²) in [5, 5.41) is 0. The lowest BCUT2D eigenvalue weighted by Gasteiger charge is -2.61. The molecule has 170 valence electrons. The summed E-state index contributed by atoms with van der Waals surface area (Å²) in [7, 11) is 0. The normalized spacial score (nSPS) is 46.5. The van der Waals surface area contributed by atoms with Gasteiger partial charge in [0.25, 0.3) is 0 Å². The molecule has 0 aromatic carbocycles. The lowest BCUT2D eigenvalue weighted by Crippen LogP contribution is -2.54. The molecule has 4 aliphatic rings. The summed E-state index contributed by atoms with van der Waals surface area (Å²) in [5.74, 6) is 3.52. The first-order valence-electron chi connectivity index (χ1n) is 12.5. The van der Waals surface area contributed by atoms with Gasteiger partial charge >= 0.3 is 5.97 Å². The van der Waals surface area contributed by atoms with E-state index in [0.29, 0.717) is 17.1 Å². The second-order valence-corrected chi connectivity index (χ2v) is 12.0. The van der Waals surface area contributed by atoms with E-state index in [1.54, 1.807) is 0 Å². The van der Waals surface area contributed by atoms with Gasteiger partial charge < -0.3 is 10.5 Å². The minimum atomic E-state index is -0.512. The highest BCUT2D eigenvalue weighted by Crippen LogP contribution is 2.67. The SMILES string of the molecule is CC(=O)[C@H]1CC[C@H]2[C@@H]3CC[C@H]4C[C@@H](OC(=O)[C@@H](N)C(C)C)CC[C@]4(C)[C@H]3CC[C@]12C. The van der Waals surface area contributed by atoms with Crippen LogP contribution in [0, 0.1) is 46.3 Å². The van der Waals surface area contributed by atoms with Crippen molar-refractivity contribution in [2.45, 2.75) is 105 Å². The smallest absolute Gasteiger partial charge is 0.323 e.